The highest BCUT2D eigenvalue weighted by Crippen LogP contribution is 2.22. The topological polar surface area (TPSA) is 42.0 Å². The first kappa shape index (κ1) is 15.9. The number of anilines is 1. The summed E-state index contributed by atoms with van der Waals surface area (Å²) in [6, 6.07) is 17.8. The van der Waals surface area contributed by atoms with Crippen LogP contribution in [0, 0.1) is 12.8 Å². The Kier molecular flexibility index (Phi) is 4.71. The molecule has 3 rings (SSSR count). The van der Waals surface area contributed by atoms with Crippen molar-refractivity contribution in [3.8, 4) is 0 Å². The quantitative estimate of drug-likeness (QED) is 0.703. The lowest BCUT2D eigenvalue weighted by atomic mass is 9.95. The summed E-state index contributed by atoms with van der Waals surface area (Å²) in [6.07, 6.45) is 4.08. The summed E-state index contributed by atoms with van der Waals surface area (Å²) in [6.45, 7) is 5.89. The van der Waals surface area contributed by atoms with Crippen molar-refractivity contribution in [1.82, 2.24) is 4.98 Å². The molecule has 1 heterocycles. The van der Waals surface area contributed by atoms with Crippen molar-refractivity contribution < 1.29 is 4.79 Å². The van der Waals surface area contributed by atoms with Crippen LogP contribution in [0.1, 0.15) is 11.1 Å². The number of hydrogen-bond acceptors (Lipinski definition) is 2. The van der Waals surface area contributed by atoms with Gasteiger partial charge in [-0.2, -0.15) is 0 Å². The zero-order valence-corrected chi connectivity index (χ0v) is 13.7. The van der Waals surface area contributed by atoms with E-state index in [2.05, 4.69) is 35.9 Å². The molecular weight excluding hydrogens is 296 g/mol. The number of carbonyl (C=O) groups is 1. The molecule has 120 valence electrons. The molecule has 1 unspecified atom stereocenters. The van der Waals surface area contributed by atoms with E-state index in [0.29, 0.717) is 6.42 Å². The molecule has 3 aromatic rings. The number of carbonyl (C=O) groups excluding carboxylic acids is 1. The fraction of sp³-hybridized carbons (Fsp3) is 0.143. The van der Waals surface area contributed by atoms with Gasteiger partial charge in [0.25, 0.3) is 0 Å². The summed E-state index contributed by atoms with van der Waals surface area (Å²) in [7, 11) is 0. The Balaban J connectivity index is 1.82. The van der Waals surface area contributed by atoms with Gasteiger partial charge in [-0.05, 0) is 36.6 Å². The highest BCUT2D eigenvalue weighted by molar-refractivity contribution is 6.01. The maximum absolute atomic E-state index is 12.7. The Morgan fingerprint density at radius 2 is 1.96 bits per heavy atom. The smallest absolute Gasteiger partial charge is 0.231 e. The van der Waals surface area contributed by atoms with E-state index >= 15 is 0 Å². The SMILES string of the molecule is C=CC(Cc1ccccc1C)C(=O)Nc1cccc2cccnc12. The number of hydrogen-bond donors (Lipinski definition) is 1. The van der Waals surface area contributed by atoms with Crippen LogP contribution in [0.25, 0.3) is 10.9 Å². The largest absolute Gasteiger partial charge is 0.324 e. The van der Waals surface area contributed by atoms with Crippen LogP contribution in [-0.4, -0.2) is 10.9 Å². The van der Waals surface area contributed by atoms with Gasteiger partial charge in [-0.25, -0.2) is 0 Å². The second-order valence-corrected chi connectivity index (χ2v) is 5.84. The summed E-state index contributed by atoms with van der Waals surface area (Å²) in [5.74, 6) is -0.350. The first-order valence-corrected chi connectivity index (χ1v) is 8.00. The standard InChI is InChI=1S/C21H20N2O/c1-3-16(14-18-9-5-4-8-15(18)2)21(24)23-19-12-6-10-17-11-7-13-22-20(17)19/h3-13,16H,1,14H2,2H3,(H,23,24). The summed E-state index contributed by atoms with van der Waals surface area (Å²) in [5.41, 5.74) is 3.87. The minimum Gasteiger partial charge on any atom is -0.324 e. The number of fused-ring (bicyclic) bond motifs is 1. The molecule has 0 saturated heterocycles. The van der Waals surface area contributed by atoms with Gasteiger partial charge in [0.05, 0.1) is 17.1 Å². The molecule has 3 heteroatoms. The van der Waals surface area contributed by atoms with Gasteiger partial charge in [0, 0.05) is 11.6 Å². The lowest BCUT2D eigenvalue weighted by Gasteiger charge is -2.15. The number of nitrogens with one attached hydrogen (secondary N) is 1. The average molecular weight is 316 g/mol. The lowest BCUT2D eigenvalue weighted by molar-refractivity contribution is -0.118. The second kappa shape index (κ2) is 7.09. The zero-order chi connectivity index (χ0) is 16.9. The number of amides is 1. The van der Waals surface area contributed by atoms with E-state index in [4.69, 9.17) is 0 Å². The van der Waals surface area contributed by atoms with Crippen LogP contribution in [0.4, 0.5) is 5.69 Å². The Labute approximate surface area is 142 Å². The Morgan fingerprint density at radius 1 is 1.17 bits per heavy atom. The summed E-state index contributed by atoms with van der Waals surface area (Å²) < 4.78 is 0. The van der Waals surface area contributed by atoms with Crippen molar-refractivity contribution in [3.05, 3.63) is 84.6 Å². The van der Waals surface area contributed by atoms with Crippen molar-refractivity contribution in [2.45, 2.75) is 13.3 Å². The van der Waals surface area contributed by atoms with E-state index < -0.39 is 0 Å². The minimum atomic E-state index is -0.287. The van der Waals surface area contributed by atoms with Gasteiger partial charge in [0.1, 0.15) is 0 Å². The van der Waals surface area contributed by atoms with Gasteiger partial charge in [0.15, 0.2) is 0 Å². The second-order valence-electron chi connectivity index (χ2n) is 5.84. The third-order valence-corrected chi connectivity index (χ3v) is 4.21. The molecule has 0 saturated carbocycles. The molecule has 2 aromatic carbocycles. The van der Waals surface area contributed by atoms with E-state index in [1.165, 1.54) is 5.56 Å². The average Bonchev–Trinajstić information content (AvgIpc) is 2.61. The van der Waals surface area contributed by atoms with E-state index in [9.17, 15) is 4.79 Å². The normalized spacial score (nSPS) is 11.9. The molecule has 3 nitrogen and oxygen atoms in total. The third-order valence-electron chi connectivity index (χ3n) is 4.21. The van der Waals surface area contributed by atoms with Crippen molar-refractivity contribution in [2.75, 3.05) is 5.32 Å². The monoisotopic (exact) mass is 316 g/mol. The van der Waals surface area contributed by atoms with Crippen LogP contribution in [0.5, 0.6) is 0 Å². The number of aromatic nitrogens is 1. The number of benzene rings is 2. The molecular formula is C21H20N2O. The van der Waals surface area contributed by atoms with Crippen LogP contribution in [0.15, 0.2) is 73.4 Å². The molecule has 0 bridgehead atoms. The van der Waals surface area contributed by atoms with E-state index in [0.717, 1.165) is 22.2 Å². The number of nitrogens with zero attached hydrogens (tertiary/aromatic N) is 1. The van der Waals surface area contributed by atoms with Gasteiger partial charge in [0.2, 0.25) is 5.91 Å². The van der Waals surface area contributed by atoms with Crippen LogP contribution >= 0.6 is 0 Å². The molecule has 1 amide bonds. The fourth-order valence-electron chi connectivity index (χ4n) is 2.79. The zero-order valence-electron chi connectivity index (χ0n) is 13.7. The Morgan fingerprint density at radius 3 is 2.75 bits per heavy atom. The summed E-state index contributed by atoms with van der Waals surface area (Å²) in [5, 5.41) is 4.01. The molecule has 0 spiro atoms. The van der Waals surface area contributed by atoms with Crippen LogP contribution < -0.4 is 5.32 Å². The number of aryl methyl sites for hydroxylation is 1. The molecule has 1 aromatic heterocycles. The van der Waals surface area contributed by atoms with E-state index in [1.54, 1.807) is 12.3 Å². The predicted octanol–water partition coefficient (Wildman–Crippen LogP) is 4.53. The highest BCUT2D eigenvalue weighted by Gasteiger charge is 2.17. The fourth-order valence-corrected chi connectivity index (χ4v) is 2.79. The predicted molar refractivity (Wildman–Crippen MR) is 98.9 cm³/mol. The molecule has 0 aliphatic rings. The van der Waals surface area contributed by atoms with Crippen molar-refractivity contribution >= 4 is 22.5 Å². The van der Waals surface area contributed by atoms with Gasteiger partial charge < -0.3 is 5.32 Å². The van der Waals surface area contributed by atoms with Crippen molar-refractivity contribution in [2.24, 2.45) is 5.92 Å². The van der Waals surface area contributed by atoms with Crippen molar-refractivity contribution in [1.29, 1.82) is 0 Å². The van der Waals surface area contributed by atoms with Gasteiger partial charge in [-0.15, -0.1) is 6.58 Å². The third kappa shape index (κ3) is 3.35. The minimum absolute atomic E-state index is 0.0635. The van der Waals surface area contributed by atoms with Gasteiger partial charge >= 0.3 is 0 Å². The van der Waals surface area contributed by atoms with Crippen molar-refractivity contribution in [3.63, 3.8) is 0 Å². The number of pyridine rings is 1. The van der Waals surface area contributed by atoms with Gasteiger partial charge in [-0.3, -0.25) is 9.78 Å². The first-order chi connectivity index (χ1) is 11.7. The first-order valence-electron chi connectivity index (χ1n) is 8.00. The maximum Gasteiger partial charge on any atom is 0.231 e. The lowest BCUT2D eigenvalue weighted by Crippen LogP contribution is -2.23. The molecule has 0 aliphatic carbocycles. The molecule has 0 aliphatic heterocycles. The molecule has 1 atom stereocenters. The molecule has 24 heavy (non-hydrogen) atoms. The van der Waals surface area contributed by atoms with Crippen LogP contribution in [-0.2, 0) is 11.2 Å². The van der Waals surface area contributed by atoms with Crippen LogP contribution in [0.3, 0.4) is 0 Å². The maximum atomic E-state index is 12.7. The summed E-state index contributed by atoms with van der Waals surface area (Å²) in [4.78, 5) is 17.1. The van der Waals surface area contributed by atoms with E-state index in [-0.39, 0.29) is 11.8 Å². The highest BCUT2D eigenvalue weighted by atomic mass is 16.1. The van der Waals surface area contributed by atoms with Gasteiger partial charge in [-0.1, -0.05) is 48.5 Å². The molecule has 1 N–H and O–H groups in total. The molecule has 0 fully saturated rings. The number of rotatable bonds is 5. The number of para-hydroxylation sites is 1. The van der Waals surface area contributed by atoms with E-state index in [1.807, 2.05) is 42.5 Å². The Hall–Kier alpha value is -2.94. The Bertz CT molecular complexity index is 880. The summed E-state index contributed by atoms with van der Waals surface area (Å²) >= 11 is 0. The van der Waals surface area contributed by atoms with Crippen LogP contribution in [0.2, 0.25) is 0 Å². The molecule has 0 radical (unpaired) electrons.